The fourth-order valence-corrected chi connectivity index (χ4v) is 5.36. The second-order valence-corrected chi connectivity index (χ2v) is 10.3. The molecule has 2 heterocycles. The van der Waals surface area contributed by atoms with Crippen LogP contribution in [0, 0.1) is 6.92 Å². The number of aryl methyl sites for hydroxylation is 1. The number of para-hydroxylation sites is 1. The predicted molar refractivity (Wildman–Crippen MR) is 136 cm³/mol. The van der Waals surface area contributed by atoms with E-state index in [0.29, 0.717) is 25.7 Å². The van der Waals surface area contributed by atoms with Gasteiger partial charge in [0, 0.05) is 32.2 Å². The first kappa shape index (κ1) is 23.0. The number of nitrogens with zero attached hydrogens (tertiary/aromatic N) is 4. The Morgan fingerprint density at radius 3 is 2.38 bits per heavy atom. The summed E-state index contributed by atoms with van der Waals surface area (Å²) >= 11 is 1.57. The van der Waals surface area contributed by atoms with Crippen molar-refractivity contribution in [1.82, 2.24) is 20.1 Å². The number of fused-ring (bicyclic) bond motifs is 1. The van der Waals surface area contributed by atoms with Gasteiger partial charge in [-0.15, -0.1) is 0 Å². The number of hydrogen-bond donors (Lipinski definition) is 1. The third-order valence-corrected chi connectivity index (χ3v) is 7.50. The highest BCUT2D eigenvalue weighted by atomic mass is 32.1. The number of carbonyl (C=O) groups excluding carboxylic acids is 2. The highest BCUT2D eigenvalue weighted by molar-refractivity contribution is 7.22. The molecular formula is C26H31N5O2S. The normalized spacial score (nSPS) is 17.1. The van der Waals surface area contributed by atoms with E-state index >= 15 is 0 Å². The first-order valence-corrected chi connectivity index (χ1v) is 12.8. The summed E-state index contributed by atoms with van der Waals surface area (Å²) < 4.78 is 1.10. The van der Waals surface area contributed by atoms with E-state index in [-0.39, 0.29) is 11.8 Å². The van der Waals surface area contributed by atoms with Gasteiger partial charge in [-0.1, -0.05) is 53.8 Å². The summed E-state index contributed by atoms with van der Waals surface area (Å²) in [5.74, 6) is 0.174. The first-order valence-electron chi connectivity index (χ1n) is 12.0. The van der Waals surface area contributed by atoms with Crippen LogP contribution in [0.2, 0.25) is 0 Å². The van der Waals surface area contributed by atoms with Gasteiger partial charge in [-0.05, 0) is 37.0 Å². The monoisotopic (exact) mass is 477 g/mol. The Kier molecular flexibility index (Phi) is 6.89. The van der Waals surface area contributed by atoms with Crippen molar-refractivity contribution in [2.24, 2.45) is 0 Å². The molecule has 2 amide bonds. The molecule has 178 valence electrons. The summed E-state index contributed by atoms with van der Waals surface area (Å²) in [5, 5.41) is 3.80. The molecule has 3 aromatic rings. The first-order chi connectivity index (χ1) is 16.5. The Bertz CT molecular complexity index is 1150. The second-order valence-electron chi connectivity index (χ2n) is 9.28. The molecule has 2 aromatic carbocycles. The van der Waals surface area contributed by atoms with Crippen molar-refractivity contribution in [3.8, 4) is 0 Å². The van der Waals surface area contributed by atoms with E-state index in [1.807, 2.05) is 41.3 Å². The summed E-state index contributed by atoms with van der Waals surface area (Å²) in [4.78, 5) is 36.7. The quantitative estimate of drug-likeness (QED) is 0.540. The van der Waals surface area contributed by atoms with Gasteiger partial charge >= 0.3 is 0 Å². The summed E-state index contributed by atoms with van der Waals surface area (Å²) in [6.07, 6.45) is 2.21. The number of thiazole rings is 1. The molecule has 1 aliphatic carbocycles. The average Bonchev–Trinajstić information content (AvgIpc) is 3.53. The molecule has 2 aliphatic rings. The Morgan fingerprint density at radius 1 is 1.00 bits per heavy atom. The molecule has 8 heteroatoms. The van der Waals surface area contributed by atoms with Gasteiger partial charge in [0.15, 0.2) is 5.13 Å². The van der Waals surface area contributed by atoms with Crippen LogP contribution < -0.4 is 10.2 Å². The minimum Gasteiger partial charge on any atom is -0.352 e. The molecule has 2 fully saturated rings. The highest BCUT2D eigenvalue weighted by Gasteiger charge is 2.27. The lowest BCUT2D eigenvalue weighted by atomic mass is 10.2. The molecule has 1 aromatic heterocycles. The van der Waals surface area contributed by atoms with Gasteiger partial charge in [0.25, 0.3) is 0 Å². The van der Waals surface area contributed by atoms with E-state index in [4.69, 9.17) is 4.98 Å². The van der Waals surface area contributed by atoms with Gasteiger partial charge in [0.1, 0.15) is 0 Å². The molecule has 1 aliphatic heterocycles. The van der Waals surface area contributed by atoms with Crippen molar-refractivity contribution in [1.29, 1.82) is 0 Å². The number of aromatic nitrogens is 1. The van der Waals surface area contributed by atoms with Gasteiger partial charge in [-0.25, -0.2) is 4.98 Å². The van der Waals surface area contributed by atoms with Crippen molar-refractivity contribution in [2.75, 3.05) is 44.2 Å². The third kappa shape index (κ3) is 5.63. The number of anilines is 1. The molecule has 0 radical (unpaired) electrons. The fraction of sp³-hybridized carbons (Fsp3) is 0.423. The molecule has 5 rings (SSSR count). The fourth-order valence-electron chi connectivity index (χ4n) is 4.30. The van der Waals surface area contributed by atoms with Crippen LogP contribution in [0.5, 0.6) is 0 Å². The minimum absolute atomic E-state index is 0.0560. The number of piperazine rings is 1. The van der Waals surface area contributed by atoms with Gasteiger partial charge in [0.05, 0.1) is 29.9 Å². The number of rotatable bonds is 8. The number of hydrogen-bond acceptors (Lipinski definition) is 6. The van der Waals surface area contributed by atoms with Crippen molar-refractivity contribution in [2.45, 2.75) is 32.4 Å². The van der Waals surface area contributed by atoms with Crippen LogP contribution in [-0.2, 0) is 16.1 Å². The molecule has 1 saturated heterocycles. The van der Waals surface area contributed by atoms with Crippen LogP contribution in [0.25, 0.3) is 10.2 Å². The molecule has 1 saturated carbocycles. The SMILES string of the molecule is Cc1cccc2sc(N(Cc3ccccc3)C(=O)CN3CCN(CC(=O)NC4CC4)CC3)nc12. The molecule has 34 heavy (non-hydrogen) atoms. The highest BCUT2D eigenvalue weighted by Crippen LogP contribution is 2.31. The zero-order valence-corrected chi connectivity index (χ0v) is 20.4. The molecule has 0 spiro atoms. The van der Waals surface area contributed by atoms with E-state index in [0.717, 1.165) is 65.5 Å². The van der Waals surface area contributed by atoms with Gasteiger partial charge < -0.3 is 5.32 Å². The number of carbonyl (C=O) groups is 2. The maximum atomic E-state index is 13.5. The Labute approximate surface area is 204 Å². The number of amides is 2. The van der Waals surface area contributed by atoms with Gasteiger partial charge in [-0.2, -0.15) is 0 Å². The van der Waals surface area contributed by atoms with Crippen LogP contribution in [0.3, 0.4) is 0 Å². The summed E-state index contributed by atoms with van der Waals surface area (Å²) in [6.45, 7) is 6.50. The topological polar surface area (TPSA) is 68.8 Å². The van der Waals surface area contributed by atoms with Crippen LogP contribution >= 0.6 is 11.3 Å². The molecule has 0 unspecified atom stereocenters. The number of benzene rings is 2. The third-order valence-electron chi connectivity index (χ3n) is 6.46. The largest absolute Gasteiger partial charge is 0.352 e. The Hall–Kier alpha value is -2.81. The van der Waals surface area contributed by atoms with Gasteiger partial charge in [0.2, 0.25) is 11.8 Å². The summed E-state index contributed by atoms with van der Waals surface area (Å²) in [6, 6.07) is 16.6. The zero-order valence-electron chi connectivity index (χ0n) is 19.6. The Balaban J connectivity index is 1.25. The molecule has 1 N–H and O–H groups in total. The van der Waals surface area contributed by atoms with Crippen molar-refractivity contribution in [3.63, 3.8) is 0 Å². The second kappa shape index (κ2) is 10.2. The lowest BCUT2D eigenvalue weighted by Crippen LogP contribution is -2.52. The standard InChI is InChI=1S/C26H31N5O2S/c1-19-6-5-9-22-25(19)28-26(34-22)31(16-20-7-3-2-4-8-20)24(33)18-30-14-12-29(13-15-30)17-23(32)27-21-10-11-21/h2-9,21H,10-18H2,1H3,(H,27,32). The van der Waals surface area contributed by atoms with E-state index in [2.05, 4.69) is 34.2 Å². The van der Waals surface area contributed by atoms with E-state index in [9.17, 15) is 9.59 Å². The molecular weight excluding hydrogens is 446 g/mol. The Morgan fingerprint density at radius 2 is 1.71 bits per heavy atom. The minimum atomic E-state index is 0.0560. The predicted octanol–water partition coefficient (Wildman–Crippen LogP) is 3.03. The maximum Gasteiger partial charge on any atom is 0.243 e. The van der Waals surface area contributed by atoms with E-state index in [1.54, 1.807) is 11.3 Å². The average molecular weight is 478 g/mol. The lowest BCUT2D eigenvalue weighted by molar-refractivity contribution is -0.124. The summed E-state index contributed by atoms with van der Waals surface area (Å²) in [7, 11) is 0. The molecule has 0 atom stereocenters. The van der Waals surface area contributed by atoms with Gasteiger partial charge in [-0.3, -0.25) is 24.3 Å². The van der Waals surface area contributed by atoms with Crippen LogP contribution in [0.15, 0.2) is 48.5 Å². The van der Waals surface area contributed by atoms with Crippen LogP contribution in [0.4, 0.5) is 5.13 Å². The molecule has 0 bridgehead atoms. The van der Waals surface area contributed by atoms with Crippen LogP contribution in [-0.4, -0.2) is 71.9 Å². The lowest BCUT2D eigenvalue weighted by Gasteiger charge is -2.34. The smallest absolute Gasteiger partial charge is 0.243 e. The zero-order chi connectivity index (χ0) is 23.5. The van der Waals surface area contributed by atoms with Crippen molar-refractivity contribution < 1.29 is 9.59 Å². The maximum absolute atomic E-state index is 13.5. The van der Waals surface area contributed by atoms with E-state index < -0.39 is 0 Å². The van der Waals surface area contributed by atoms with Crippen LogP contribution in [0.1, 0.15) is 24.0 Å². The van der Waals surface area contributed by atoms with Crippen molar-refractivity contribution >= 4 is 38.5 Å². The van der Waals surface area contributed by atoms with E-state index in [1.165, 1.54) is 0 Å². The van der Waals surface area contributed by atoms with Crippen molar-refractivity contribution in [3.05, 3.63) is 59.7 Å². The number of nitrogens with one attached hydrogen (secondary N) is 1. The summed E-state index contributed by atoms with van der Waals surface area (Å²) in [5.41, 5.74) is 3.17. The molecule has 7 nitrogen and oxygen atoms in total.